The smallest absolute Gasteiger partial charge is 0.354 e. The van der Waals surface area contributed by atoms with Gasteiger partial charge < -0.3 is 9.84 Å². The first-order valence-electron chi connectivity index (χ1n) is 4.88. The second kappa shape index (κ2) is 4.92. The monoisotopic (exact) mass is 250 g/mol. The summed E-state index contributed by atoms with van der Waals surface area (Å²) in [4.78, 5) is 19.5. The fourth-order valence-corrected chi connectivity index (χ4v) is 1.93. The van der Waals surface area contributed by atoms with E-state index < -0.39 is 5.97 Å². The molecule has 2 heterocycles. The molecule has 0 aromatic carbocycles. The average molecular weight is 250 g/mol. The molecule has 0 aliphatic carbocycles. The molecule has 2 aromatic heterocycles. The van der Waals surface area contributed by atoms with Crippen LogP contribution in [0.3, 0.4) is 0 Å². The molecule has 1 N–H and O–H groups in total. The van der Waals surface area contributed by atoms with E-state index in [9.17, 15) is 4.79 Å². The summed E-state index contributed by atoms with van der Waals surface area (Å²) in [5, 5.41) is 9.67. The van der Waals surface area contributed by atoms with Crippen molar-refractivity contribution in [2.45, 2.75) is 13.5 Å². The number of ether oxygens (including phenoxy) is 1. The standard InChI is InChI=1S/C11H10N2O3S/c1-7-12-5-9(17-7)6-16-8-2-3-10(11(14)15)13-4-8/h2-5H,6H2,1H3,(H,14,15). The average Bonchev–Trinajstić information content (AvgIpc) is 2.73. The number of aryl methyl sites for hydroxylation is 1. The van der Waals surface area contributed by atoms with Gasteiger partial charge in [-0.25, -0.2) is 14.8 Å². The van der Waals surface area contributed by atoms with E-state index in [-0.39, 0.29) is 5.69 Å². The molecule has 0 aliphatic heterocycles. The molecule has 88 valence electrons. The van der Waals surface area contributed by atoms with Gasteiger partial charge in [-0.1, -0.05) is 0 Å². The first-order chi connectivity index (χ1) is 8.15. The van der Waals surface area contributed by atoms with Crippen LogP contribution in [0.15, 0.2) is 24.5 Å². The van der Waals surface area contributed by atoms with Gasteiger partial charge in [0.05, 0.1) is 16.1 Å². The van der Waals surface area contributed by atoms with E-state index in [1.54, 1.807) is 23.6 Å². The summed E-state index contributed by atoms with van der Waals surface area (Å²) >= 11 is 1.56. The lowest BCUT2D eigenvalue weighted by atomic mass is 10.3. The van der Waals surface area contributed by atoms with Crippen molar-refractivity contribution >= 4 is 17.3 Å². The van der Waals surface area contributed by atoms with Gasteiger partial charge in [0.15, 0.2) is 0 Å². The Bertz CT molecular complexity index is 522. The van der Waals surface area contributed by atoms with E-state index >= 15 is 0 Å². The van der Waals surface area contributed by atoms with Crippen LogP contribution in [0.1, 0.15) is 20.4 Å². The minimum Gasteiger partial charge on any atom is -0.486 e. The Morgan fingerprint density at radius 3 is 2.76 bits per heavy atom. The molecule has 2 aromatic rings. The minimum absolute atomic E-state index is 0.00554. The van der Waals surface area contributed by atoms with Crippen LogP contribution < -0.4 is 4.74 Å². The SMILES string of the molecule is Cc1ncc(COc2ccc(C(=O)O)nc2)s1. The molecule has 6 heteroatoms. The normalized spacial score (nSPS) is 10.2. The third kappa shape index (κ3) is 3.01. The number of hydrogen-bond acceptors (Lipinski definition) is 5. The number of aromatic nitrogens is 2. The summed E-state index contributed by atoms with van der Waals surface area (Å²) in [5.74, 6) is -0.504. The van der Waals surface area contributed by atoms with Gasteiger partial charge in [0.25, 0.3) is 0 Å². The number of hydrogen-bond donors (Lipinski definition) is 1. The molecule has 0 radical (unpaired) electrons. The summed E-state index contributed by atoms with van der Waals surface area (Å²) in [6, 6.07) is 3.00. The zero-order chi connectivity index (χ0) is 12.3. The van der Waals surface area contributed by atoms with E-state index in [4.69, 9.17) is 9.84 Å². The van der Waals surface area contributed by atoms with E-state index in [0.29, 0.717) is 12.4 Å². The molecule has 0 spiro atoms. The fraction of sp³-hybridized carbons (Fsp3) is 0.182. The second-order valence-electron chi connectivity index (χ2n) is 3.32. The Hall–Kier alpha value is -1.95. The molecule has 2 rings (SSSR count). The predicted molar refractivity (Wildman–Crippen MR) is 62.4 cm³/mol. The van der Waals surface area contributed by atoms with E-state index in [1.807, 2.05) is 6.92 Å². The predicted octanol–water partition coefficient (Wildman–Crippen LogP) is 2.12. The van der Waals surface area contributed by atoms with Crippen molar-refractivity contribution in [2.24, 2.45) is 0 Å². The first kappa shape index (κ1) is 11.5. The molecule has 0 unspecified atom stereocenters. The number of carbonyl (C=O) groups is 1. The maximum atomic E-state index is 10.6. The van der Waals surface area contributed by atoms with Crippen LogP contribution in [0.25, 0.3) is 0 Å². The molecule has 17 heavy (non-hydrogen) atoms. The van der Waals surface area contributed by atoms with Crippen LogP contribution in [-0.2, 0) is 6.61 Å². The van der Waals surface area contributed by atoms with E-state index in [0.717, 1.165) is 9.88 Å². The number of pyridine rings is 1. The Kier molecular flexibility index (Phi) is 3.34. The lowest BCUT2D eigenvalue weighted by Gasteiger charge is -2.03. The topological polar surface area (TPSA) is 72.3 Å². The number of rotatable bonds is 4. The molecular weight excluding hydrogens is 240 g/mol. The van der Waals surface area contributed by atoms with E-state index in [1.165, 1.54) is 12.3 Å². The molecule has 0 atom stereocenters. The maximum absolute atomic E-state index is 10.6. The van der Waals surface area contributed by atoms with Crippen molar-refractivity contribution in [3.05, 3.63) is 40.1 Å². The number of carboxylic acid groups (broad SMARTS) is 1. The van der Waals surface area contributed by atoms with Gasteiger partial charge in [0.1, 0.15) is 18.1 Å². The zero-order valence-electron chi connectivity index (χ0n) is 9.08. The Morgan fingerprint density at radius 2 is 2.24 bits per heavy atom. The summed E-state index contributed by atoms with van der Waals surface area (Å²) in [7, 11) is 0. The molecule has 0 bridgehead atoms. The van der Waals surface area contributed by atoms with Gasteiger partial charge in [-0.2, -0.15) is 0 Å². The highest BCUT2D eigenvalue weighted by atomic mass is 32.1. The summed E-state index contributed by atoms with van der Waals surface area (Å²) in [5.41, 5.74) is 0.00554. The lowest BCUT2D eigenvalue weighted by molar-refractivity contribution is 0.0690. The quantitative estimate of drug-likeness (QED) is 0.899. The third-order valence-corrected chi connectivity index (χ3v) is 2.89. The summed E-state index contributed by atoms with van der Waals surface area (Å²) in [6.07, 6.45) is 3.16. The van der Waals surface area contributed by atoms with Crippen LogP contribution in [0.2, 0.25) is 0 Å². The second-order valence-corrected chi connectivity index (χ2v) is 4.64. The summed E-state index contributed by atoms with van der Waals surface area (Å²) in [6.45, 7) is 2.34. The van der Waals surface area contributed by atoms with E-state index in [2.05, 4.69) is 9.97 Å². The number of thiazole rings is 1. The van der Waals surface area contributed by atoms with Crippen LogP contribution in [-0.4, -0.2) is 21.0 Å². The highest BCUT2D eigenvalue weighted by Crippen LogP contribution is 2.16. The minimum atomic E-state index is -1.05. The third-order valence-electron chi connectivity index (χ3n) is 2.01. The van der Waals surface area contributed by atoms with Crippen molar-refractivity contribution in [3.8, 4) is 5.75 Å². The van der Waals surface area contributed by atoms with Gasteiger partial charge in [-0.15, -0.1) is 11.3 Å². The summed E-state index contributed by atoms with van der Waals surface area (Å²) < 4.78 is 5.46. The molecule has 0 saturated heterocycles. The highest BCUT2D eigenvalue weighted by molar-refractivity contribution is 7.11. The molecule has 0 saturated carbocycles. The van der Waals surface area contributed by atoms with Crippen LogP contribution >= 0.6 is 11.3 Å². The molecule has 0 aliphatic rings. The largest absolute Gasteiger partial charge is 0.486 e. The van der Waals surface area contributed by atoms with Crippen molar-refractivity contribution in [1.82, 2.24) is 9.97 Å². The van der Waals surface area contributed by atoms with Gasteiger partial charge in [-0.05, 0) is 19.1 Å². The lowest BCUT2D eigenvalue weighted by Crippen LogP contribution is -2.00. The Labute approximate surface area is 102 Å². The molecule has 0 amide bonds. The Balaban J connectivity index is 1.97. The van der Waals surface area contributed by atoms with Gasteiger partial charge in [-0.3, -0.25) is 0 Å². The van der Waals surface area contributed by atoms with Crippen LogP contribution in [0.4, 0.5) is 0 Å². The molecular formula is C11H10N2O3S. The van der Waals surface area contributed by atoms with Gasteiger partial charge >= 0.3 is 5.97 Å². The fourth-order valence-electron chi connectivity index (χ4n) is 1.22. The van der Waals surface area contributed by atoms with Crippen molar-refractivity contribution in [2.75, 3.05) is 0 Å². The zero-order valence-corrected chi connectivity index (χ0v) is 9.90. The molecule has 5 nitrogen and oxygen atoms in total. The Morgan fingerprint density at radius 1 is 1.41 bits per heavy atom. The van der Waals surface area contributed by atoms with Gasteiger partial charge in [0.2, 0.25) is 0 Å². The van der Waals surface area contributed by atoms with Crippen molar-refractivity contribution in [3.63, 3.8) is 0 Å². The van der Waals surface area contributed by atoms with Crippen LogP contribution in [0, 0.1) is 6.92 Å². The van der Waals surface area contributed by atoms with Crippen LogP contribution in [0.5, 0.6) is 5.75 Å². The van der Waals surface area contributed by atoms with Crippen molar-refractivity contribution < 1.29 is 14.6 Å². The first-order valence-corrected chi connectivity index (χ1v) is 5.70. The number of nitrogens with zero attached hydrogens (tertiary/aromatic N) is 2. The van der Waals surface area contributed by atoms with Gasteiger partial charge in [0, 0.05) is 6.20 Å². The number of aromatic carboxylic acids is 1. The highest BCUT2D eigenvalue weighted by Gasteiger charge is 2.04. The number of carboxylic acids is 1. The maximum Gasteiger partial charge on any atom is 0.354 e. The van der Waals surface area contributed by atoms with Crippen molar-refractivity contribution in [1.29, 1.82) is 0 Å². The molecule has 0 fully saturated rings.